The Morgan fingerprint density at radius 1 is 1.38 bits per heavy atom. The number of hydrogen-bond acceptors (Lipinski definition) is 1. The van der Waals surface area contributed by atoms with Gasteiger partial charge in [-0.15, -0.1) is 0 Å². The molecule has 78 valence electrons. The molecule has 0 aromatic carbocycles. The van der Waals surface area contributed by atoms with Crippen LogP contribution < -0.4 is 0 Å². The van der Waals surface area contributed by atoms with Crippen LogP contribution in [-0.4, -0.2) is 13.7 Å². The standard InChI is InChI=1S/C12H24O/c1-5-12(3)10(2)7-6-8-11(12)9-13-4/h10-11H,5-9H2,1-4H3. The van der Waals surface area contributed by atoms with Crippen molar-refractivity contribution < 1.29 is 4.74 Å². The zero-order chi connectivity index (χ0) is 9.90. The molecule has 1 aliphatic rings. The molecule has 0 aromatic rings. The van der Waals surface area contributed by atoms with Crippen molar-refractivity contribution in [2.75, 3.05) is 13.7 Å². The first-order valence-electron chi connectivity index (χ1n) is 5.64. The van der Waals surface area contributed by atoms with Crippen LogP contribution in [0.5, 0.6) is 0 Å². The van der Waals surface area contributed by atoms with Crippen LogP contribution in [0.3, 0.4) is 0 Å². The highest BCUT2D eigenvalue weighted by Crippen LogP contribution is 2.47. The highest BCUT2D eigenvalue weighted by molar-refractivity contribution is 4.89. The highest BCUT2D eigenvalue weighted by atomic mass is 16.5. The van der Waals surface area contributed by atoms with Gasteiger partial charge in [0.1, 0.15) is 0 Å². The quantitative estimate of drug-likeness (QED) is 0.652. The summed E-state index contributed by atoms with van der Waals surface area (Å²) in [6, 6.07) is 0. The lowest BCUT2D eigenvalue weighted by atomic mass is 9.60. The van der Waals surface area contributed by atoms with Gasteiger partial charge in [-0.1, -0.05) is 40.0 Å². The lowest BCUT2D eigenvalue weighted by molar-refractivity contribution is -0.00452. The Balaban J connectivity index is 2.68. The molecule has 0 heterocycles. The number of hydrogen-bond donors (Lipinski definition) is 0. The molecule has 3 unspecified atom stereocenters. The van der Waals surface area contributed by atoms with Crippen molar-refractivity contribution in [3.63, 3.8) is 0 Å². The van der Waals surface area contributed by atoms with E-state index in [1.165, 1.54) is 25.7 Å². The minimum Gasteiger partial charge on any atom is -0.384 e. The van der Waals surface area contributed by atoms with Gasteiger partial charge in [0.05, 0.1) is 0 Å². The van der Waals surface area contributed by atoms with Gasteiger partial charge >= 0.3 is 0 Å². The molecule has 1 saturated carbocycles. The van der Waals surface area contributed by atoms with Gasteiger partial charge in [-0.25, -0.2) is 0 Å². The van der Waals surface area contributed by atoms with E-state index in [-0.39, 0.29) is 0 Å². The number of rotatable bonds is 3. The van der Waals surface area contributed by atoms with Crippen molar-refractivity contribution in [1.82, 2.24) is 0 Å². The predicted molar refractivity (Wildman–Crippen MR) is 56.8 cm³/mol. The monoisotopic (exact) mass is 184 g/mol. The average molecular weight is 184 g/mol. The normalized spacial score (nSPS) is 40.6. The molecule has 1 fully saturated rings. The summed E-state index contributed by atoms with van der Waals surface area (Å²) >= 11 is 0. The molecule has 0 saturated heterocycles. The number of ether oxygens (including phenoxy) is 1. The van der Waals surface area contributed by atoms with Crippen LogP contribution in [0.4, 0.5) is 0 Å². The molecule has 1 heteroatoms. The third kappa shape index (κ3) is 2.07. The third-order valence-corrected chi connectivity index (χ3v) is 4.38. The Kier molecular flexibility index (Phi) is 3.78. The molecule has 0 radical (unpaired) electrons. The van der Waals surface area contributed by atoms with Gasteiger partial charge in [-0.05, 0) is 23.7 Å². The van der Waals surface area contributed by atoms with Crippen LogP contribution in [-0.2, 0) is 4.74 Å². The van der Waals surface area contributed by atoms with Crippen LogP contribution in [0.25, 0.3) is 0 Å². The maximum absolute atomic E-state index is 5.33. The summed E-state index contributed by atoms with van der Waals surface area (Å²) in [7, 11) is 1.83. The molecule has 13 heavy (non-hydrogen) atoms. The van der Waals surface area contributed by atoms with Crippen molar-refractivity contribution in [2.24, 2.45) is 17.3 Å². The smallest absolute Gasteiger partial charge is 0.0495 e. The number of methoxy groups -OCH3 is 1. The van der Waals surface area contributed by atoms with Gasteiger partial charge in [0.15, 0.2) is 0 Å². The van der Waals surface area contributed by atoms with Gasteiger partial charge in [0.2, 0.25) is 0 Å². The molecular formula is C12H24O. The van der Waals surface area contributed by atoms with E-state index in [4.69, 9.17) is 4.74 Å². The van der Waals surface area contributed by atoms with Crippen LogP contribution in [0, 0.1) is 17.3 Å². The summed E-state index contributed by atoms with van der Waals surface area (Å²) in [6.07, 6.45) is 5.46. The van der Waals surface area contributed by atoms with Gasteiger partial charge in [-0.3, -0.25) is 0 Å². The molecule has 0 bridgehead atoms. The van der Waals surface area contributed by atoms with Crippen molar-refractivity contribution in [1.29, 1.82) is 0 Å². The van der Waals surface area contributed by atoms with Crippen molar-refractivity contribution in [3.05, 3.63) is 0 Å². The van der Waals surface area contributed by atoms with E-state index in [2.05, 4.69) is 20.8 Å². The van der Waals surface area contributed by atoms with Crippen molar-refractivity contribution in [3.8, 4) is 0 Å². The summed E-state index contributed by atoms with van der Waals surface area (Å²) in [6.45, 7) is 8.13. The Hall–Kier alpha value is -0.0400. The molecule has 1 rings (SSSR count). The summed E-state index contributed by atoms with van der Waals surface area (Å²) in [5.41, 5.74) is 0.522. The molecule has 1 nitrogen and oxygen atoms in total. The molecular weight excluding hydrogens is 160 g/mol. The predicted octanol–water partition coefficient (Wildman–Crippen LogP) is 3.49. The van der Waals surface area contributed by atoms with Crippen LogP contribution in [0.15, 0.2) is 0 Å². The average Bonchev–Trinajstić information content (AvgIpc) is 2.13. The third-order valence-electron chi connectivity index (χ3n) is 4.38. The van der Waals surface area contributed by atoms with Crippen molar-refractivity contribution in [2.45, 2.75) is 46.5 Å². The first-order valence-corrected chi connectivity index (χ1v) is 5.64. The Bertz CT molecular complexity index is 153. The maximum atomic E-state index is 5.33. The van der Waals surface area contributed by atoms with E-state index in [1.54, 1.807) is 0 Å². The minimum absolute atomic E-state index is 0.522. The molecule has 0 N–H and O–H groups in total. The largest absolute Gasteiger partial charge is 0.384 e. The van der Waals surface area contributed by atoms with E-state index in [0.29, 0.717) is 5.41 Å². The maximum Gasteiger partial charge on any atom is 0.0495 e. The summed E-state index contributed by atoms with van der Waals surface area (Å²) < 4.78 is 5.33. The van der Waals surface area contributed by atoms with Crippen LogP contribution in [0.2, 0.25) is 0 Å². The molecule has 0 amide bonds. The van der Waals surface area contributed by atoms with Crippen LogP contribution in [0.1, 0.15) is 46.5 Å². The Labute approximate surface area is 82.9 Å². The Morgan fingerprint density at radius 2 is 2.08 bits per heavy atom. The topological polar surface area (TPSA) is 9.23 Å². The lowest BCUT2D eigenvalue weighted by Gasteiger charge is -2.45. The second kappa shape index (κ2) is 4.45. The molecule has 3 atom stereocenters. The molecule has 0 aromatic heterocycles. The summed E-state index contributed by atoms with van der Waals surface area (Å²) in [5, 5.41) is 0. The van der Waals surface area contributed by atoms with Gasteiger partial charge in [-0.2, -0.15) is 0 Å². The second-order valence-corrected chi connectivity index (χ2v) is 4.84. The first-order chi connectivity index (χ1) is 6.15. The van der Waals surface area contributed by atoms with Gasteiger partial charge < -0.3 is 4.74 Å². The fraction of sp³-hybridized carbons (Fsp3) is 1.00. The summed E-state index contributed by atoms with van der Waals surface area (Å²) in [5.74, 6) is 1.65. The minimum atomic E-state index is 0.522. The van der Waals surface area contributed by atoms with E-state index in [1.807, 2.05) is 7.11 Å². The second-order valence-electron chi connectivity index (χ2n) is 4.84. The van der Waals surface area contributed by atoms with E-state index in [0.717, 1.165) is 18.4 Å². The fourth-order valence-electron chi connectivity index (χ4n) is 2.84. The van der Waals surface area contributed by atoms with Gasteiger partial charge in [0.25, 0.3) is 0 Å². The summed E-state index contributed by atoms with van der Waals surface area (Å²) in [4.78, 5) is 0. The van der Waals surface area contributed by atoms with E-state index < -0.39 is 0 Å². The molecule has 0 aliphatic heterocycles. The first kappa shape index (κ1) is 11.0. The zero-order valence-corrected chi connectivity index (χ0v) is 9.60. The van der Waals surface area contributed by atoms with E-state index >= 15 is 0 Å². The zero-order valence-electron chi connectivity index (χ0n) is 9.60. The highest BCUT2D eigenvalue weighted by Gasteiger charge is 2.39. The van der Waals surface area contributed by atoms with E-state index in [9.17, 15) is 0 Å². The Morgan fingerprint density at radius 3 is 2.62 bits per heavy atom. The SMILES string of the molecule is CCC1(C)C(C)CCCC1COC. The lowest BCUT2D eigenvalue weighted by Crippen LogP contribution is -2.39. The van der Waals surface area contributed by atoms with Crippen LogP contribution >= 0.6 is 0 Å². The van der Waals surface area contributed by atoms with Crippen molar-refractivity contribution >= 4 is 0 Å². The molecule has 1 aliphatic carbocycles. The molecule has 0 spiro atoms. The van der Waals surface area contributed by atoms with Gasteiger partial charge in [0, 0.05) is 13.7 Å². The fourth-order valence-corrected chi connectivity index (χ4v) is 2.84.